The maximum atomic E-state index is 13.6. The summed E-state index contributed by atoms with van der Waals surface area (Å²) in [6.45, 7) is 0.725. The lowest BCUT2D eigenvalue weighted by molar-refractivity contribution is -0.304. The summed E-state index contributed by atoms with van der Waals surface area (Å²) in [7, 11) is 0. The van der Waals surface area contributed by atoms with E-state index >= 15 is 0 Å². The summed E-state index contributed by atoms with van der Waals surface area (Å²) in [5.41, 5.74) is -1.24. The number of hydrogen-bond donors (Lipinski definition) is 10. The molecule has 0 bridgehead atoms. The summed E-state index contributed by atoms with van der Waals surface area (Å²) in [6, 6.07) is 5.32. The first-order valence-electron chi connectivity index (χ1n) is 13.5. The van der Waals surface area contributed by atoms with E-state index in [0.717, 1.165) is 24.3 Å². The molecule has 2 aromatic carbocycles. The largest absolute Gasteiger partial charge is 0.508 e. The molecule has 0 amide bonds. The highest BCUT2D eigenvalue weighted by Gasteiger charge is 2.49. The highest BCUT2D eigenvalue weighted by atomic mass is 16.7. The maximum absolute atomic E-state index is 13.6. The molecule has 0 spiro atoms. The van der Waals surface area contributed by atoms with Crippen molar-refractivity contribution in [2.24, 2.45) is 0 Å². The number of aliphatic carboxylic acids is 1. The number of rotatable bonds is 7. The molecule has 17 nitrogen and oxygen atoms in total. The topological polar surface area (TPSA) is 286 Å². The molecule has 3 aromatic rings. The van der Waals surface area contributed by atoms with Crippen molar-refractivity contribution in [1.82, 2.24) is 0 Å². The Labute approximate surface area is 251 Å². The van der Waals surface area contributed by atoms with Crippen molar-refractivity contribution in [1.29, 1.82) is 0 Å². The van der Waals surface area contributed by atoms with Gasteiger partial charge in [-0.05, 0) is 25.1 Å². The van der Waals surface area contributed by atoms with Gasteiger partial charge in [0.2, 0.25) is 11.2 Å². The molecule has 2 aliphatic rings. The lowest BCUT2D eigenvalue weighted by atomic mass is 9.95. The molecule has 244 valence electrons. The van der Waals surface area contributed by atoms with Crippen LogP contribution in [0.3, 0.4) is 0 Å². The third-order valence-electron chi connectivity index (χ3n) is 7.57. The van der Waals surface area contributed by atoms with Crippen LogP contribution in [-0.4, -0.2) is 125 Å². The number of aliphatic hydroxyl groups is 5. The number of aromatic hydroxyl groups is 4. The Hall–Kier alpha value is -4.20. The number of phenolic OH excluding ortho intramolecular Hbond substituents is 4. The number of carboxylic acids is 1. The second-order valence-electron chi connectivity index (χ2n) is 10.6. The monoisotopic (exact) mass is 638 g/mol. The molecule has 3 heterocycles. The van der Waals surface area contributed by atoms with Crippen LogP contribution >= 0.6 is 0 Å². The Morgan fingerprint density at radius 1 is 0.844 bits per heavy atom. The number of benzene rings is 2. The molecular formula is C28H30O17. The first kappa shape index (κ1) is 32.2. The molecule has 2 fully saturated rings. The van der Waals surface area contributed by atoms with Crippen molar-refractivity contribution in [2.75, 3.05) is 6.61 Å². The van der Waals surface area contributed by atoms with E-state index in [2.05, 4.69) is 0 Å². The second kappa shape index (κ2) is 12.3. The average Bonchev–Trinajstić information content (AvgIpc) is 2.97. The quantitative estimate of drug-likeness (QED) is 0.131. The molecule has 0 radical (unpaired) electrons. The van der Waals surface area contributed by atoms with E-state index in [9.17, 15) is 60.7 Å². The van der Waals surface area contributed by atoms with Gasteiger partial charge >= 0.3 is 5.97 Å². The third kappa shape index (κ3) is 5.95. The van der Waals surface area contributed by atoms with Crippen LogP contribution in [0.4, 0.5) is 0 Å². The fourth-order valence-electron chi connectivity index (χ4n) is 5.15. The van der Waals surface area contributed by atoms with Gasteiger partial charge < -0.3 is 74.4 Å². The number of phenols is 4. The highest BCUT2D eigenvalue weighted by molar-refractivity contribution is 5.88. The second-order valence-corrected chi connectivity index (χ2v) is 10.6. The number of hydrogen-bond acceptors (Lipinski definition) is 16. The SMILES string of the molecule is CC1O[C@@H](OCC2O[C@H](C(=O)O)[C@@H](O)[C@@H](O)[C@H]2O)[C@H](O)[C@H](O)[C@H]1Oc1c(-c2ccc(O)c(O)c2)oc2cc(O)cc(O)c2c1=O. The van der Waals surface area contributed by atoms with E-state index in [0.29, 0.717) is 0 Å². The number of carboxylic acid groups (broad SMARTS) is 1. The Kier molecular flexibility index (Phi) is 8.80. The van der Waals surface area contributed by atoms with Gasteiger partial charge in [0.25, 0.3) is 0 Å². The summed E-state index contributed by atoms with van der Waals surface area (Å²) in [6.07, 6.45) is -17.0. The van der Waals surface area contributed by atoms with Gasteiger partial charge in [-0.3, -0.25) is 4.79 Å². The maximum Gasteiger partial charge on any atom is 0.335 e. The van der Waals surface area contributed by atoms with E-state index in [1.807, 2.05) is 0 Å². The van der Waals surface area contributed by atoms with Crippen LogP contribution in [0.2, 0.25) is 0 Å². The lowest BCUT2D eigenvalue weighted by Gasteiger charge is -2.42. The van der Waals surface area contributed by atoms with Crippen LogP contribution < -0.4 is 10.2 Å². The van der Waals surface area contributed by atoms with Gasteiger partial charge in [-0.15, -0.1) is 0 Å². The van der Waals surface area contributed by atoms with Crippen LogP contribution in [0.15, 0.2) is 39.5 Å². The van der Waals surface area contributed by atoms with Gasteiger partial charge in [-0.1, -0.05) is 0 Å². The van der Waals surface area contributed by atoms with Crippen LogP contribution in [0.25, 0.3) is 22.3 Å². The van der Waals surface area contributed by atoms with Crippen molar-refractivity contribution in [2.45, 2.75) is 68.1 Å². The Balaban J connectivity index is 1.41. The Morgan fingerprint density at radius 3 is 2.22 bits per heavy atom. The van der Waals surface area contributed by atoms with E-state index in [-0.39, 0.29) is 16.9 Å². The average molecular weight is 639 g/mol. The molecular weight excluding hydrogens is 608 g/mol. The van der Waals surface area contributed by atoms with Crippen molar-refractivity contribution < 1.29 is 79.2 Å². The summed E-state index contributed by atoms with van der Waals surface area (Å²) < 4.78 is 27.8. The van der Waals surface area contributed by atoms with Gasteiger partial charge in [0, 0.05) is 17.7 Å². The normalized spacial score (nSPS) is 32.0. The molecule has 0 saturated carbocycles. The van der Waals surface area contributed by atoms with Crippen molar-refractivity contribution in [3.05, 3.63) is 40.6 Å². The predicted octanol–water partition coefficient (Wildman–Crippen LogP) is -1.55. The number of aliphatic hydroxyl groups excluding tert-OH is 5. The summed E-state index contributed by atoms with van der Waals surface area (Å²) in [5, 5.41) is 101. The zero-order valence-corrected chi connectivity index (χ0v) is 23.2. The minimum Gasteiger partial charge on any atom is -0.508 e. The first-order valence-corrected chi connectivity index (χ1v) is 13.5. The molecule has 0 aliphatic carbocycles. The third-order valence-corrected chi connectivity index (χ3v) is 7.57. The fourth-order valence-corrected chi connectivity index (χ4v) is 5.15. The van der Waals surface area contributed by atoms with E-state index in [1.54, 1.807) is 0 Å². The number of ether oxygens (including phenoxy) is 4. The Bertz CT molecular complexity index is 1640. The summed E-state index contributed by atoms with van der Waals surface area (Å²) in [5.74, 6) is -4.75. The molecule has 1 aromatic heterocycles. The van der Waals surface area contributed by atoms with E-state index in [4.69, 9.17) is 23.4 Å². The molecule has 10 N–H and O–H groups in total. The summed E-state index contributed by atoms with van der Waals surface area (Å²) >= 11 is 0. The minimum atomic E-state index is -1.93. The van der Waals surface area contributed by atoms with Gasteiger partial charge in [0.15, 0.2) is 35.8 Å². The van der Waals surface area contributed by atoms with Gasteiger partial charge in [0.1, 0.15) is 59.1 Å². The zero-order valence-electron chi connectivity index (χ0n) is 23.2. The molecule has 17 heteroatoms. The lowest BCUT2D eigenvalue weighted by Crippen LogP contribution is -2.62. The van der Waals surface area contributed by atoms with E-state index < -0.39 is 113 Å². The zero-order chi connectivity index (χ0) is 32.9. The molecule has 2 unspecified atom stereocenters. The van der Waals surface area contributed by atoms with Crippen LogP contribution in [-0.2, 0) is 19.0 Å². The number of carbonyl (C=O) groups is 1. The van der Waals surface area contributed by atoms with Gasteiger partial charge in [-0.2, -0.15) is 0 Å². The summed E-state index contributed by atoms with van der Waals surface area (Å²) in [4.78, 5) is 25.0. The van der Waals surface area contributed by atoms with Crippen LogP contribution in [0, 0.1) is 0 Å². The van der Waals surface area contributed by atoms with Crippen molar-refractivity contribution in [3.63, 3.8) is 0 Å². The van der Waals surface area contributed by atoms with Crippen molar-refractivity contribution >= 4 is 16.9 Å². The predicted molar refractivity (Wildman–Crippen MR) is 146 cm³/mol. The van der Waals surface area contributed by atoms with Crippen molar-refractivity contribution in [3.8, 4) is 40.1 Å². The van der Waals surface area contributed by atoms with Crippen LogP contribution in [0.1, 0.15) is 6.92 Å². The molecule has 45 heavy (non-hydrogen) atoms. The first-order chi connectivity index (χ1) is 21.2. The molecule has 2 saturated heterocycles. The Morgan fingerprint density at radius 2 is 1.56 bits per heavy atom. The fraction of sp³-hybridized carbons (Fsp3) is 0.429. The molecule has 2 aliphatic heterocycles. The smallest absolute Gasteiger partial charge is 0.335 e. The standard InChI is InChI=1S/C28H30O17/c1-8-23(21(37)22(38)28(42-8)41-7-15-17(33)19(35)20(36)26(44-15)27(39)40)45-25-18(34)16-13(32)5-10(29)6-14(16)43-24(25)9-2-3-11(30)12(31)4-9/h2-6,8,15,17,19-23,26,28-33,35-38H,7H2,1H3,(H,39,40)/t8?,15?,17-,19-,20-,21-,22+,23-,26-,28+/m0/s1. The molecule has 5 rings (SSSR count). The van der Waals surface area contributed by atoms with Crippen LogP contribution in [0.5, 0.6) is 28.7 Å². The van der Waals surface area contributed by atoms with Gasteiger partial charge in [-0.25, -0.2) is 4.79 Å². The molecule has 10 atom stereocenters. The highest BCUT2D eigenvalue weighted by Crippen LogP contribution is 2.39. The van der Waals surface area contributed by atoms with Gasteiger partial charge in [0.05, 0.1) is 12.7 Å². The minimum absolute atomic E-state index is 0.000715. The van der Waals surface area contributed by atoms with E-state index in [1.165, 1.54) is 13.0 Å². The number of fused-ring (bicyclic) bond motifs is 1.